The number of aromatic nitrogens is 1. The van der Waals surface area contributed by atoms with Crippen LogP contribution in [0.3, 0.4) is 0 Å². The van der Waals surface area contributed by atoms with Crippen LogP contribution >= 0.6 is 0 Å². The van der Waals surface area contributed by atoms with Crippen LogP contribution in [0.1, 0.15) is 11.1 Å². The van der Waals surface area contributed by atoms with Gasteiger partial charge in [0.2, 0.25) is 0 Å². The van der Waals surface area contributed by atoms with E-state index in [2.05, 4.69) is 92.7 Å². The van der Waals surface area contributed by atoms with Crippen molar-refractivity contribution in [2.24, 2.45) is 0 Å². The minimum Gasteiger partial charge on any atom is -1.00 e. The molecule has 1 heterocycles. The van der Waals surface area contributed by atoms with E-state index in [1.54, 1.807) is 0 Å². The molecule has 1 N–H and O–H groups in total. The summed E-state index contributed by atoms with van der Waals surface area (Å²) in [6.45, 7) is 8.80. The molecular formula is C21H21Cl2NSiTi. The smallest absolute Gasteiger partial charge is 1.00 e. The molecule has 0 fully saturated rings. The summed E-state index contributed by atoms with van der Waals surface area (Å²) >= 11 is 0. The first-order chi connectivity index (χ1) is 11.1. The summed E-state index contributed by atoms with van der Waals surface area (Å²) in [7, 11) is -0.329. The molecule has 3 aromatic rings. The molecule has 5 heteroatoms. The standard InChI is InChI=1S/C11H11Si.C10H10N.2ClH.Ti/c1-12(2)11-7-9-5-3-4-6-10(9)8-11;1-7-4-3-5-9-10(7)8(2)6-11-9;;;/h3-7H,1-2H3;3-5,11H,1-2H3;2*1H;/q2*-1;;;+4/p-2. The third-order valence-corrected chi connectivity index (χ3v) is 5.45. The number of nitrogens with one attached hydrogen (secondary N) is 1. The zero-order valence-electron chi connectivity index (χ0n) is 15.4. The summed E-state index contributed by atoms with van der Waals surface area (Å²) < 4.78 is 0. The van der Waals surface area contributed by atoms with E-state index in [4.69, 9.17) is 0 Å². The number of benzene rings is 2. The number of aromatic amines is 1. The van der Waals surface area contributed by atoms with Crippen molar-refractivity contribution in [1.29, 1.82) is 0 Å². The maximum Gasteiger partial charge on any atom is 4.00 e. The van der Waals surface area contributed by atoms with Crippen molar-refractivity contribution in [1.82, 2.24) is 4.98 Å². The van der Waals surface area contributed by atoms with Gasteiger partial charge in [-0.25, -0.2) is 0 Å². The van der Waals surface area contributed by atoms with Crippen LogP contribution in [-0.2, 0) is 21.7 Å². The van der Waals surface area contributed by atoms with E-state index in [0.29, 0.717) is 0 Å². The maximum absolute atomic E-state index is 3.44. The zero-order valence-corrected chi connectivity index (χ0v) is 19.4. The summed E-state index contributed by atoms with van der Waals surface area (Å²) in [6, 6.07) is 14.7. The molecule has 1 aliphatic rings. The summed E-state index contributed by atoms with van der Waals surface area (Å²) in [6.07, 6.45) is 8.80. The SMILES string of the molecule is C[Si](C)=C1[C-]=c2ccccc2=C1.Cc1[c-][nH]c2cccc(C)c12.[Cl-].[Cl-].[Ti+4]. The van der Waals surface area contributed by atoms with E-state index < -0.39 is 0 Å². The number of fused-ring (bicyclic) bond motifs is 2. The Morgan fingerprint density at radius 1 is 0.923 bits per heavy atom. The van der Waals surface area contributed by atoms with E-state index >= 15 is 0 Å². The molecule has 1 aliphatic carbocycles. The van der Waals surface area contributed by atoms with Gasteiger partial charge >= 0.3 is 21.7 Å². The van der Waals surface area contributed by atoms with Crippen LogP contribution < -0.4 is 35.3 Å². The largest absolute Gasteiger partial charge is 4.00 e. The van der Waals surface area contributed by atoms with Gasteiger partial charge < -0.3 is 29.8 Å². The third kappa shape index (κ3) is 5.55. The molecule has 0 radical (unpaired) electrons. The second-order valence-electron chi connectivity index (χ2n) is 6.14. The Bertz CT molecular complexity index is 981. The van der Waals surface area contributed by atoms with Crippen LogP contribution in [0.25, 0.3) is 23.1 Å². The first kappa shape index (κ1) is 25.1. The summed E-state index contributed by atoms with van der Waals surface area (Å²) in [5.41, 5.74) is 3.71. The van der Waals surface area contributed by atoms with Gasteiger partial charge in [-0.3, -0.25) is 0 Å². The Morgan fingerprint density at radius 3 is 2.23 bits per heavy atom. The van der Waals surface area contributed by atoms with Gasteiger partial charge in [0.25, 0.3) is 0 Å². The van der Waals surface area contributed by atoms with Crippen LogP contribution in [-0.4, -0.2) is 18.6 Å². The molecule has 0 bridgehead atoms. The minimum atomic E-state index is -0.329. The normalized spacial score (nSPS) is 10.7. The first-order valence-corrected chi connectivity index (χ1v) is 10.4. The van der Waals surface area contributed by atoms with E-state index in [1.807, 2.05) is 0 Å². The van der Waals surface area contributed by atoms with E-state index in [9.17, 15) is 0 Å². The molecule has 4 rings (SSSR count). The number of hydrogen-bond acceptors (Lipinski definition) is 0. The Hall–Kier alpha value is -0.899. The predicted molar refractivity (Wildman–Crippen MR) is 103 cm³/mol. The monoisotopic (exact) mass is 433 g/mol. The Balaban J connectivity index is 0.000000432. The molecule has 132 valence electrons. The zero-order chi connectivity index (χ0) is 16.4. The Kier molecular flexibility index (Phi) is 10.7. The second kappa shape index (κ2) is 11.1. The molecule has 0 atom stereocenters. The average molecular weight is 434 g/mol. The van der Waals surface area contributed by atoms with Gasteiger partial charge in [0.15, 0.2) is 0 Å². The summed E-state index contributed by atoms with van der Waals surface area (Å²) in [5, 5.41) is 5.33. The van der Waals surface area contributed by atoms with Crippen LogP contribution in [0, 0.1) is 20.0 Å². The van der Waals surface area contributed by atoms with Gasteiger partial charge in [0.05, 0.1) is 0 Å². The van der Waals surface area contributed by atoms with Crippen LogP contribution in [0.4, 0.5) is 0 Å². The number of aryl methyl sites for hydroxylation is 2. The summed E-state index contributed by atoms with van der Waals surface area (Å²) in [4.78, 5) is 3.10. The number of halogens is 2. The molecule has 0 saturated heterocycles. The minimum absolute atomic E-state index is 0. The van der Waals surface area contributed by atoms with Crippen LogP contribution in [0.15, 0.2) is 42.5 Å². The van der Waals surface area contributed by atoms with E-state index in [1.165, 1.54) is 37.6 Å². The van der Waals surface area contributed by atoms with Crippen LogP contribution in [0.2, 0.25) is 13.1 Å². The van der Waals surface area contributed by atoms with Crippen molar-refractivity contribution < 1.29 is 46.5 Å². The van der Waals surface area contributed by atoms with Gasteiger partial charge in [-0.1, -0.05) is 45.1 Å². The molecule has 26 heavy (non-hydrogen) atoms. The fraction of sp³-hybridized carbons (Fsp3) is 0.190. The molecule has 0 saturated carbocycles. The molecule has 0 amide bonds. The van der Waals surface area contributed by atoms with E-state index in [0.717, 1.165) is 0 Å². The maximum atomic E-state index is 3.44. The van der Waals surface area contributed by atoms with Crippen molar-refractivity contribution >= 4 is 36.6 Å². The van der Waals surface area contributed by atoms with Gasteiger partial charge in [-0.05, 0) is 8.41 Å². The molecule has 0 aliphatic heterocycles. The Labute approximate surface area is 184 Å². The van der Waals surface area contributed by atoms with Gasteiger partial charge in [-0.15, -0.1) is 63.4 Å². The fourth-order valence-electron chi connectivity index (χ4n) is 2.84. The fourth-order valence-corrected chi connectivity index (χ4v) is 3.66. The van der Waals surface area contributed by atoms with Crippen molar-refractivity contribution in [3.05, 3.63) is 70.2 Å². The molecule has 0 spiro atoms. The topological polar surface area (TPSA) is 15.8 Å². The predicted octanol–water partition coefficient (Wildman–Crippen LogP) is -2.76. The van der Waals surface area contributed by atoms with Gasteiger partial charge in [0.1, 0.15) is 0 Å². The third-order valence-electron chi connectivity index (χ3n) is 4.10. The van der Waals surface area contributed by atoms with Crippen molar-refractivity contribution in [2.45, 2.75) is 26.9 Å². The quantitative estimate of drug-likeness (QED) is 0.292. The van der Waals surface area contributed by atoms with Crippen LogP contribution in [0.5, 0.6) is 0 Å². The molecular weight excluding hydrogens is 413 g/mol. The Morgan fingerprint density at radius 2 is 1.62 bits per heavy atom. The average Bonchev–Trinajstić information content (AvgIpc) is 3.13. The first-order valence-electron chi connectivity index (χ1n) is 7.90. The number of H-pyrrole nitrogens is 1. The molecule has 2 aromatic carbocycles. The van der Waals surface area contributed by atoms with Gasteiger partial charge in [-0.2, -0.15) is 16.9 Å². The number of rotatable bonds is 0. The van der Waals surface area contributed by atoms with Crippen molar-refractivity contribution in [2.75, 3.05) is 0 Å². The molecule has 0 unspecified atom stereocenters. The van der Waals surface area contributed by atoms with Crippen molar-refractivity contribution in [3.63, 3.8) is 0 Å². The summed E-state index contributed by atoms with van der Waals surface area (Å²) in [5.74, 6) is 0. The molecule has 1 nitrogen and oxygen atoms in total. The second-order valence-corrected chi connectivity index (χ2v) is 8.68. The van der Waals surface area contributed by atoms with Crippen molar-refractivity contribution in [3.8, 4) is 0 Å². The molecule has 1 aromatic heterocycles. The van der Waals surface area contributed by atoms with Gasteiger partial charge in [0, 0.05) is 0 Å². The number of hydrogen-bond donors (Lipinski definition) is 1. The van der Waals surface area contributed by atoms with E-state index in [-0.39, 0.29) is 54.9 Å².